The topological polar surface area (TPSA) is 38.2 Å². The van der Waals surface area contributed by atoms with E-state index >= 15 is 0 Å². The number of hydrogen-bond donors (Lipinski definition) is 0. The molecule has 2 aliphatic rings. The lowest BCUT2D eigenvalue weighted by Gasteiger charge is -2.33. The third-order valence-corrected chi connectivity index (χ3v) is 4.55. The van der Waals surface area contributed by atoms with Crippen LogP contribution >= 0.6 is 0 Å². The van der Waals surface area contributed by atoms with Crippen LogP contribution in [0.15, 0.2) is 12.4 Å². The molecule has 1 saturated heterocycles. The molecule has 20 heavy (non-hydrogen) atoms. The van der Waals surface area contributed by atoms with Gasteiger partial charge in [-0.1, -0.05) is 12.8 Å². The number of piperidine rings is 1. The van der Waals surface area contributed by atoms with Gasteiger partial charge >= 0.3 is 0 Å². The predicted octanol–water partition coefficient (Wildman–Crippen LogP) is 2.82. The molecule has 3 rings (SSSR count). The van der Waals surface area contributed by atoms with E-state index < -0.39 is 0 Å². The quantitative estimate of drug-likeness (QED) is 0.847. The highest BCUT2D eigenvalue weighted by Gasteiger charge is 2.24. The lowest BCUT2D eigenvalue weighted by molar-refractivity contribution is 0.0879. The van der Waals surface area contributed by atoms with Crippen LogP contribution in [0.3, 0.4) is 0 Å². The molecule has 0 radical (unpaired) electrons. The normalized spacial score (nSPS) is 22.2. The Kier molecular flexibility index (Phi) is 4.51. The van der Waals surface area contributed by atoms with Crippen molar-refractivity contribution in [2.75, 3.05) is 19.6 Å². The Morgan fingerprint density at radius 2 is 1.90 bits per heavy atom. The Morgan fingerprint density at radius 1 is 1.15 bits per heavy atom. The fourth-order valence-electron chi connectivity index (χ4n) is 3.44. The van der Waals surface area contributed by atoms with E-state index in [1.54, 1.807) is 12.4 Å². The van der Waals surface area contributed by atoms with Gasteiger partial charge in [0.1, 0.15) is 6.10 Å². The lowest BCUT2D eigenvalue weighted by Crippen LogP contribution is -2.40. The summed E-state index contributed by atoms with van der Waals surface area (Å²) in [5.74, 6) is 1.63. The van der Waals surface area contributed by atoms with Gasteiger partial charge in [-0.2, -0.15) is 0 Å². The Morgan fingerprint density at radius 3 is 2.60 bits per heavy atom. The molecule has 4 nitrogen and oxygen atoms in total. The van der Waals surface area contributed by atoms with Gasteiger partial charge in [0.05, 0.1) is 11.9 Å². The highest BCUT2D eigenvalue weighted by Crippen LogP contribution is 2.27. The Hall–Kier alpha value is -1.16. The molecule has 0 N–H and O–H groups in total. The summed E-state index contributed by atoms with van der Waals surface area (Å²) in [5.41, 5.74) is 0.918. The summed E-state index contributed by atoms with van der Waals surface area (Å²) in [5, 5.41) is 0. The van der Waals surface area contributed by atoms with Gasteiger partial charge in [0.25, 0.3) is 0 Å². The molecule has 1 aliphatic heterocycles. The van der Waals surface area contributed by atoms with Crippen molar-refractivity contribution in [1.29, 1.82) is 0 Å². The molecule has 2 fully saturated rings. The number of hydrogen-bond acceptors (Lipinski definition) is 4. The summed E-state index contributed by atoms with van der Waals surface area (Å²) in [7, 11) is 0. The van der Waals surface area contributed by atoms with E-state index in [1.807, 2.05) is 6.92 Å². The summed E-state index contributed by atoms with van der Waals surface area (Å²) in [6, 6.07) is 0. The first kappa shape index (κ1) is 13.8. The molecular weight excluding hydrogens is 250 g/mol. The van der Waals surface area contributed by atoms with E-state index in [2.05, 4.69) is 14.9 Å². The minimum absolute atomic E-state index is 0.311. The van der Waals surface area contributed by atoms with Gasteiger partial charge in [0.15, 0.2) is 0 Å². The Balaban J connectivity index is 1.43. The molecule has 0 unspecified atom stereocenters. The Bertz CT molecular complexity index is 423. The van der Waals surface area contributed by atoms with Crippen molar-refractivity contribution in [3.8, 4) is 5.88 Å². The molecule has 1 aliphatic carbocycles. The molecule has 4 heteroatoms. The van der Waals surface area contributed by atoms with Gasteiger partial charge in [-0.3, -0.25) is 4.98 Å². The third kappa shape index (κ3) is 3.69. The zero-order valence-electron chi connectivity index (χ0n) is 12.4. The second-order valence-electron chi connectivity index (χ2n) is 6.27. The summed E-state index contributed by atoms with van der Waals surface area (Å²) in [6.07, 6.45) is 11.8. The fourth-order valence-corrected chi connectivity index (χ4v) is 3.44. The van der Waals surface area contributed by atoms with Gasteiger partial charge < -0.3 is 9.64 Å². The third-order valence-electron chi connectivity index (χ3n) is 4.55. The fraction of sp³-hybridized carbons (Fsp3) is 0.750. The zero-order chi connectivity index (χ0) is 13.8. The zero-order valence-corrected chi connectivity index (χ0v) is 12.4. The first-order chi connectivity index (χ1) is 9.79. The van der Waals surface area contributed by atoms with Crippen LogP contribution in [0.1, 0.15) is 44.2 Å². The minimum Gasteiger partial charge on any atom is -0.473 e. The molecular formula is C16H25N3O. The maximum atomic E-state index is 5.95. The standard InChI is InChI=1S/C16H25N3O/c1-13-10-17-11-16(18-13)20-15-6-8-19(9-7-15)12-14-4-2-3-5-14/h10-11,14-15H,2-9,12H2,1H3. The van der Waals surface area contributed by atoms with Gasteiger partial charge in [-0.05, 0) is 38.5 Å². The van der Waals surface area contributed by atoms with Crippen LogP contribution in [0, 0.1) is 12.8 Å². The number of ether oxygens (including phenoxy) is 1. The van der Waals surface area contributed by atoms with Gasteiger partial charge in [0, 0.05) is 25.8 Å². The van der Waals surface area contributed by atoms with Crippen molar-refractivity contribution >= 4 is 0 Å². The lowest BCUT2D eigenvalue weighted by atomic mass is 10.0. The van der Waals surface area contributed by atoms with Crippen LogP contribution in [0.5, 0.6) is 5.88 Å². The first-order valence-corrected chi connectivity index (χ1v) is 7.97. The molecule has 0 amide bonds. The van der Waals surface area contributed by atoms with E-state index in [0.29, 0.717) is 12.0 Å². The van der Waals surface area contributed by atoms with Crippen molar-refractivity contribution in [3.05, 3.63) is 18.1 Å². The van der Waals surface area contributed by atoms with Gasteiger partial charge in [0.2, 0.25) is 5.88 Å². The monoisotopic (exact) mass is 275 g/mol. The predicted molar refractivity (Wildman–Crippen MR) is 78.8 cm³/mol. The molecule has 1 saturated carbocycles. The number of aromatic nitrogens is 2. The maximum Gasteiger partial charge on any atom is 0.232 e. The second kappa shape index (κ2) is 6.53. The number of likely N-dealkylation sites (tertiary alicyclic amines) is 1. The summed E-state index contributed by atoms with van der Waals surface area (Å²) < 4.78 is 5.95. The first-order valence-electron chi connectivity index (χ1n) is 7.97. The van der Waals surface area contributed by atoms with E-state index in [1.165, 1.54) is 45.3 Å². The maximum absolute atomic E-state index is 5.95. The van der Waals surface area contributed by atoms with Gasteiger partial charge in [-0.15, -0.1) is 0 Å². The summed E-state index contributed by atoms with van der Waals surface area (Å²) in [4.78, 5) is 11.1. The smallest absolute Gasteiger partial charge is 0.232 e. The summed E-state index contributed by atoms with van der Waals surface area (Å²) >= 11 is 0. The molecule has 2 heterocycles. The molecule has 1 aromatic rings. The van der Waals surface area contributed by atoms with Crippen molar-refractivity contribution in [1.82, 2.24) is 14.9 Å². The van der Waals surface area contributed by atoms with Gasteiger partial charge in [-0.25, -0.2) is 4.98 Å². The van der Waals surface area contributed by atoms with Crippen molar-refractivity contribution in [2.45, 2.75) is 51.6 Å². The molecule has 0 spiro atoms. The SMILES string of the molecule is Cc1cncc(OC2CCN(CC3CCCC3)CC2)n1. The highest BCUT2D eigenvalue weighted by molar-refractivity contribution is 5.07. The van der Waals surface area contributed by atoms with E-state index in [0.717, 1.165) is 24.5 Å². The van der Waals surface area contributed by atoms with Crippen LogP contribution in [0.4, 0.5) is 0 Å². The molecule has 110 valence electrons. The van der Waals surface area contributed by atoms with E-state index in [4.69, 9.17) is 4.74 Å². The average molecular weight is 275 g/mol. The van der Waals surface area contributed by atoms with Crippen LogP contribution in [-0.2, 0) is 0 Å². The highest BCUT2D eigenvalue weighted by atomic mass is 16.5. The molecule has 0 atom stereocenters. The number of nitrogens with zero attached hydrogens (tertiary/aromatic N) is 3. The number of rotatable bonds is 4. The van der Waals surface area contributed by atoms with Crippen LogP contribution in [0.25, 0.3) is 0 Å². The van der Waals surface area contributed by atoms with Crippen molar-refractivity contribution < 1.29 is 4.74 Å². The largest absolute Gasteiger partial charge is 0.473 e. The summed E-state index contributed by atoms with van der Waals surface area (Å²) in [6.45, 7) is 5.59. The molecule has 0 bridgehead atoms. The number of aryl methyl sites for hydroxylation is 1. The molecule has 0 aromatic carbocycles. The molecule has 1 aromatic heterocycles. The van der Waals surface area contributed by atoms with Crippen LogP contribution in [-0.4, -0.2) is 40.6 Å². The van der Waals surface area contributed by atoms with Crippen molar-refractivity contribution in [2.24, 2.45) is 5.92 Å². The second-order valence-corrected chi connectivity index (χ2v) is 6.27. The van der Waals surface area contributed by atoms with E-state index in [9.17, 15) is 0 Å². The van der Waals surface area contributed by atoms with Crippen molar-refractivity contribution in [3.63, 3.8) is 0 Å². The average Bonchev–Trinajstić information content (AvgIpc) is 2.94. The van der Waals surface area contributed by atoms with Crippen LogP contribution < -0.4 is 4.74 Å². The van der Waals surface area contributed by atoms with Crippen LogP contribution in [0.2, 0.25) is 0 Å². The van der Waals surface area contributed by atoms with E-state index in [-0.39, 0.29) is 0 Å². The Labute approximate surface area is 121 Å². The minimum atomic E-state index is 0.311.